The number of carbonyl (C=O) groups excluding carboxylic acids is 1. The lowest BCUT2D eigenvalue weighted by Crippen LogP contribution is -2.22. The van der Waals surface area contributed by atoms with Crippen molar-refractivity contribution in [1.82, 2.24) is 20.3 Å². The van der Waals surface area contributed by atoms with E-state index in [0.29, 0.717) is 36.2 Å². The summed E-state index contributed by atoms with van der Waals surface area (Å²) < 4.78 is 4.99. The van der Waals surface area contributed by atoms with Crippen molar-refractivity contribution >= 4 is 29.4 Å². The van der Waals surface area contributed by atoms with Crippen LogP contribution in [0, 0.1) is 6.92 Å². The van der Waals surface area contributed by atoms with E-state index in [1.54, 1.807) is 25.7 Å². The Balaban J connectivity index is 1.65. The molecular formula is C26H33N7O2S. The Morgan fingerprint density at radius 2 is 2.06 bits per heavy atom. The lowest BCUT2D eigenvalue weighted by atomic mass is 9.98. The second-order valence-corrected chi connectivity index (χ2v) is 10.2. The van der Waals surface area contributed by atoms with Gasteiger partial charge in [0.05, 0.1) is 35.7 Å². The number of hydrogen-bond acceptors (Lipinski definition) is 9. The topological polar surface area (TPSA) is 127 Å². The van der Waals surface area contributed by atoms with Crippen molar-refractivity contribution < 1.29 is 9.53 Å². The zero-order valence-electron chi connectivity index (χ0n) is 21.3. The number of aromatic nitrogens is 3. The first-order valence-electron chi connectivity index (χ1n) is 11.6. The quantitative estimate of drug-likeness (QED) is 0.279. The zero-order valence-corrected chi connectivity index (χ0v) is 22.1. The van der Waals surface area contributed by atoms with E-state index in [2.05, 4.69) is 51.3 Å². The third-order valence-electron chi connectivity index (χ3n) is 5.19. The van der Waals surface area contributed by atoms with Gasteiger partial charge in [0.15, 0.2) is 0 Å². The fourth-order valence-corrected chi connectivity index (χ4v) is 4.06. The molecule has 2 heterocycles. The van der Waals surface area contributed by atoms with Gasteiger partial charge in [-0.2, -0.15) is 0 Å². The molecule has 0 atom stereocenters. The Kier molecular flexibility index (Phi) is 9.26. The number of methoxy groups -OCH3 is 1. The highest BCUT2D eigenvalue weighted by molar-refractivity contribution is 7.13. The number of amides is 1. The maximum Gasteiger partial charge on any atom is 0.263 e. The molecule has 0 aliphatic carbocycles. The minimum atomic E-state index is -0.118. The molecule has 3 aromatic rings. The number of hydrogen-bond donors (Lipinski definition) is 3. The highest BCUT2D eigenvalue weighted by atomic mass is 32.1. The molecule has 4 N–H and O–H groups in total. The summed E-state index contributed by atoms with van der Waals surface area (Å²) in [4.78, 5) is 30.7. The number of thiazole rings is 1. The first-order chi connectivity index (χ1) is 17.2. The largest absolute Gasteiger partial charge is 0.403 e. The van der Waals surface area contributed by atoms with E-state index in [1.807, 2.05) is 31.2 Å². The van der Waals surface area contributed by atoms with Crippen LogP contribution in [0.5, 0.6) is 0 Å². The molecule has 190 valence electrons. The molecule has 0 spiro atoms. The molecule has 10 heteroatoms. The van der Waals surface area contributed by atoms with Crippen molar-refractivity contribution in [2.45, 2.75) is 39.7 Å². The van der Waals surface area contributed by atoms with E-state index < -0.39 is 0 Å². The Bertz CT molecular complexity index is 1250. The Morgan fingerprint density at radius 1 is 1.25 bits per heavy atom. The summed E-state index contributed by atoms with van der Waals surface area (Å²) in [5.41, 5.74) is 9.98. The number of aliphatic imine (C=N–C) groups is 1. The van der Waals surface area contributed by atoms with E-state index >= 15 is 0 Å². The first kappa shape index (κ1) is 27.0. The van der Waals surface area contributed by atoms with Crippen LogP contribution < -0.4 is 16.4 Å². The SMILES string of the molecule is COCCN=CC(=CN)Nc1nccc(-c2ccc(CNC(=O)c3cnc(C(C)(C)C)s3)c(C)c2)n1. The number of allylic oxidation sites excluding steroid dienone is 1. The Hall–Kier alpha value is -3.63. The summed E-state index contributed by atoms with van der Waals surface area (Å²) in [6.07, 6.45) is 6.37. The monoisotopic (exact) mass is 507 g/mol. The molecule has 1 aromatic carbocycles. The van der Waals surface area contributed by atoms with Crippen molar-refractivity contribution in [3.05, 3.63) is 69.6 Å². The molecule has 0 unspecified atom stereocenters. The van der Waals surface area contributed by atoms with E-state index in [9.17, 15) is 4.79 Å². The summed E-state index contributed by atoms with van der Waals surface area (Å²) in [5.74, 6) is 0.295. The molecule has 0 bridgehead atoms. The van der Waals surface area contributed by atoms with Crippen LogP contribution in [0.4, 0.5) is 5.95 Å². The van der Waals surface area contributed by atoms with E-state index in [1.165, 1.54) is 17.5 Å². The van der Waals surface area contributed by atoms with Crippen molar-refractivity contribution in [2.75, 3.05) is 25.6 Å². The number of nitrogens with one attached hydrogen (secondary N) is 2. The van der Waals surface area contributed by atoms with Gasteiger partial charge in [0.2, 0.25) is 5.95 Å². The van der Waals surface area contributed by atoms with Crippen molar-refractivity contribution in [3.63, 3.8) is 0 Å². The third-order valence-corrected chi connectivity index (χ3v) is 6.62. The van der Waals surface area contributed by atoms with Crippen LogP contribution in [0.25, 0.3) is 11.3 Å². The molecule has 2 aromatic heterocycles. The number of benzene rings is 1. The van der Waals surface area contributed by atoms with Crippen molar-refractivity contribution in [3.8, 4) is 11.3 Å². The van der Waals surface area contributed by atoms with Gasteiger partial charge in [-0.05, 0) is 30.2 Å². The van der Waals surface area contributed by atoms with E-state index in [4.69, 9.17) is 10.5 Å². The second-order valence-electron chi connectivity index (χ2n) is 9.14. The highest BCUT2D eigenvalue weighted by Gasteiger charge is 2.20. The molecule has 36 heavy (non-hydrogen) atoms. The Labute approximate surface area is 216 Å². The van der Waals surface area contributed by atoms with Crippen LogP contribution in [-0.4, -0.2) is 47.3 Å². The fraction of sp³-hybridized carbons (Fsp3) is 0.346. The van der Waals surface area contributed by atoms with Crippen LogP contribution >= 0.6 is 11.3 Å². The molecule has 0 fully saturated rings. The molecule has 0 saturated heterocycles. The smallest absolute Gasteiger partial charge is 0.263 e. The summed E-state index contributed by atoms with van der Waals surface area (Å²) in [6, 6.07) is 7.87. The van der Waals surface area contributed by atoms with Crippen molar-refractivity contribution in [1.29, 1.82) is 0 Å². The minimum absolute atomic E-state index is 0.0776. The van der Waals surface area contributed by atoms with Crippen LogP contribution in [0.3, 0.4) is 0 Å². The van der Waals surface area contributed by atoms with Gasteiger partial charge in [0, 0.05) is 43.2 Å². The summed E-state index contributed by atoms with van der Waals surface area (Å²) in [5, 5.41) is 7.02. The first-order valence-corrected chi connectivity index (χ1v) is 12.4. The normalized spacial score (nSPS) is 12.2. The molecule has 0 aliphatic rings. The number of carbonyl (C=O) groups is 1. The van der Waals surface area contributed by atoms with Gasteiger partial charge in [-0.1, -0.05) is 32.9 Å². The molecule has 1 amide bonds. The number of nitrogens with two attached hydrogens (primary N) is 1. The van der Waals surface area contributed by atoms with Gasteiger partial charge in [-0.15, -0.1) is 11.3 Å². The zero-order chi connectivity index (χ0) is 26.1. The van der Waals surface area contributed by atoms with Gasteiger partial charge < -0.3 is 21.1 Å². The molecule has 0 saturated carbocycles. The second kappa shape index (κ2) is 12.4. The lowest BCUT2D eigenvalue weighted by molar-refractivity contribution is 0.0954. The van der Waals surface area contributed by atoms with Crippen LogP contribution in [0.15, 0.2) is 53.5 Å². The van der Waals surface area contributed by atoms with Crippen LogP contribution in [0.2, 0.25) is 0 Å². The summed E-state index contributed by atoms with van der Waals surface area (Å²) in [6.45, 7) is 9.76. The average molecular weight is 508 g/mol. The van der Waals surface area contributed by atoms with Gasteiger partial charge in [-0.25, -0.2) is 15.0 Å². The van der Waals surface area contributed by atoms with Gasteiger partial charge >= 0.3 is 0 Å². The number of nitrogens with zero attached hydrogens (tertiary/aromatic N) is 4. The van der Waals surface area contributed by atoms with Gasteiger partial charge in [0.25, 0.3) is 5.91 Å². The van der Waals surface area contributed by atoms with E-state index in [0.717, 1.165) is 27.4 Å². The molecular weight excluding hydrogens is 474 g/mol. The molecule has 9 nitrogen and oxygen atoms in total. The maximum atomic E-state index is 12.6. The molecule has 0 aliphatic heterocycles. The number of rotatable bonds is 10. The van der Waals surface area contributed by atoms with Crippen LogP contribution in [-0.2, 0) is 16.7 Å². The number of anilines is 1. The standard InChI is InChI=1S/C26H33N7O2S/c1-17-12-18(21-8-9-29-25(33-21)32-20(13-27)15-28-10-11-35-5)6-7-19(17)14-30-23(34)22-16-31-24(36-22)26(2,3)4/h6-9,12-13,15-16H,10-11,14,27H2,1-5H3,(H,30,34)(H,29,32,33). The maximum absolute atomic E-state index is 12.6. The van der Waals surface area contributed by atoms with Gasteiger partial charge in [-0.3, -0.25) is 9.79 Å². The fourth-order valence-electron chi connectivity index (χ4n) is 3.17. The summed E-state index contributed by atoms with van der Waals surface area (Å²) >= 11 is 1.43. The third kappa shape index (κ3) is 7.43. The van der Waals surface area contributed by atoms with Crippen LogP contribution in [0.1, 0.15) is 46.6 Å². The average Bonchev–Trinajstić information content (AvgIpc) is 3.36. The predicted octanol–water partition coefficient (Wildman–Crippen LogP) is 4.07. The van der Waals surface area contributed by atoms with Crippen molar-refractivity contribution in [2.24, 2.45) is 10.7 Å². The molecule has 0 radical (unpaired) electrons. The Morgan fingerprint density at radius 3 is 2.72 bits per heavy atom. The number of ether oxygens (including phenoxy) is 1. The lowest BCUT2D eigenvalue weighted by Gasteiger charge is -2.13. The predicted molar refractivity (Wildman–Crippen MR) is 145 cm³/mol. The molecule has 3 rings (SSSR count). The summed E-state index contributed by atoms with van der Waals surface area (Å²) in [7, 11) is 1.63. The van der Waals surface area contributed by atoms with Gasteiger partial charge in [0.1, 0.15) is 4.88 Å². The minimum Gasteiger partial charge on any atom is -0.403 e. The van der Waals surface area contributed by atoms with E-state index in [-0.39, 0.29) is 11.3 Å². The number of aryl methyl sites for hydroxylation is 1. The highest BCUT2D eigenvalue weighted by Crippen LogP contribution is 2.27.